The van der Waals surface area contributed by atoms with Crippen LogP contribution in [-0.2, 0) is 11.2 Å². The molecule has 0 aromatic heterocycles. The van der Waals surface area contributed by atoms with Crippen molar-refractivity contribution in [1.29, 1.82) is 0 Å². The van der Waals surface area contributed by atoms with Gasteiger partial charge >= 0.3 is 0 Å². The van der Waals surface area contributed by atoms with Crippen molar-refractivity contribution in [3.05, 3.63) is 35.4 Å². The summed E-state index contributed by atoms with van der Waals surface area (Å²) in [5.74, 6) is -0.964. The molecule has 0 heterocycles. The molecule has 116 valence electrons. The zero-order valence-corrected chi connectivity index (χ0v) is 12.1. The number of nitrogens with one attached hydrogen (secondary N) is 1. The third-order valence-electron chi connectivity index (χ3n) is 4.07. The van der Waals surface area contributed by atoms with Gasteiger partial charge in [0.05, 0.1) is 0 Å². The van der Waals surface area contributed by atoms with Crippen molar-refractivity contribution in [2.75, 3.05) is 6.54 Å². The van der Waals surface area contributed by atoms with Gasteiger partial charge in [-0.2, -0.15) is 0 Å². The van der Waals surface area contributed by atoms with Crippen LogP contribution in [0.1, 0.15) is 37.7 Å². The molecule has 21 heavy (non-hydrogen) atoms. The number of hydrogen-bond acceptors (Lipinski definition) is 2. The maximum Gasteiger partial charge on any atom is 0.220 e. The van der Waals surface area contributed by atoms with Crippen LogP contribution in [0.4, 0.5) is 8.78 Å². The van der Waals surface area contributed by atoms with E-state index < -0.39 is 11.6 Å². The van der Waals surface area contributed by atoms with Crippen LogP contribution in [-0.4, -0.2) is 18.5 Å². The second-order valence-electron chi connectivity index (χ2n) is 5.79. The smallest absolute Gasteiger partial charge is 0.220 e. The third kappa shape index (κ3) is 5.08. The van der Waals surface area contributed by atoms with Gasteiger partial charge < -0.3 is 11.1 Å². The summed E-state index contributed by atoms with van der Waals surface area (Å²) < 4.78 is 26.0. The Bertz CT molecular complexity index is 473. The van der Waals surface area contributed by atoms with Gasteiger partial charge in [0, 0.05) is 25.1 Å². The molecular formula is C16H22F2N2O. The fraction of sp³-hybridized carbons (Fsp3) is 0.562. The largest absolute Gasteiger partial charge is 0.356 e. The summed E-state index contributed by atoms with van der Waals surface area (Å²) in [7, 11) is 0. The van der Waals surface area contributed by atoms with Crippen molar-refractivity contribution in [1.82, 2.24) is 5.32 Å². The number of halogens is 2. The van der Waals surface area contributed by atoms with E-state index in [1.807, 2.05) is 0 Å². The number of carbonyl (C=O) groups excluding carboxylic acids is 1. The summed E-state index contributed by atoms with van der Waals surface area (Å²) in [6, 6.07) is 3.52. The van der Waals surface area contributed by atoms with Gasteiger partial charge in [-0.05, 0) is 42.9 Å². The predicted octanol–water partition coefficient (Wildman–Crippen LogP) is 2.53. The fourth-order valence-corrected chi connectivity index (χ4v) is 2.90. The summed E-state index contributed by atoms with van der Waals surface area (Å²) in [5, 5.41) is 2.80. The molecule has 0 spiro atoms. The number of carbonyl (C=O) groups is 1. The van der Waals surface area contributed by atoms with Gasteiger partial charge in [0.25, 0.3) is 0 Å². The van der Waals surface area contributed by atoms with Crippen LogP contribution in [0, 0.1) is 17.6 Å². The molecule has 1 aliphatic rings. The predicted molar refractivity (Wildman–Crippen MR) is 77.6 cm³/mol. The van der Waals surface area contributed by atoms with E-state index in [1.165, 1.54) is 12.1 Å². The molecule has 1 aliphatic carbocycles. The molecule has 2 atom stereocenters. The molecular weight excluding hydrogens is 274 g/mol. The second-order valence-corrected chi connectivity index (χ2v) is 5.79. The molecule has 1 amide bonds. The van der Waals surface area contributed by atoms with E-state index in [1.54, 1.807) is 0 Å². The van der Waals surface area contributed by atoms with Crippen molar-refractivity contribution in [3.63, 3.8) is 0 Å². The lowest BCUT2D eigenvalue weighted by Crippen LogP contribution is -2.37. The van der Waals surface area contributed by atoms with E-state index >= 15 is 0 Å². The maximum absolute atomic E-state index is 13.0. The van der Waals surface area contributed by atoms with E-state index in [0.29, 0.717) is 24.9 Å². The second kappa shape index (κ2) is 7.50. The first-order chi connectivity index (χ1) is 10.0. The Kier molecular flexibility index (Phi) is 5.67. The van der Waals surface area contributed by atoms with Gasteiger partial charge in [-0.15, -0.1) is 0 Å². The highest BCUT2D eigenvalue weighted by molar-refractivity contribution is 5.76. The summed E-state index contributed by atoms with van der Waals surface area (Å²) in [5.41, 5.74) is 6.56. The number of nitrogens with two attached hydrogens (primary N) is 1. The Morgan fingerprint density at radius 1 is 1.19 bits per heavy atom. The van der Waals surface area contributed by atoms with Gasteiger partial charge in [0.15, 0.2) is 0 Å². The van der Waals surface area contributed by atoms with Crippen LogP contribution >= 0.6 is 0 Å². The van der Waals surface area contributed by atoms with E-state index in [9.17, 15) is 13.6 Å². The molecule has 3 N–H and O–H groups in total. The molecule has 0 radical (unpaired) electrons. The molecule has 1 saturated carbocycles. The zero-order chi connectivity index (χ0) is 15.2. The lowest BCUT2D eigenvalue weighted by Gasteiger charge is -2.27. The van der Waals surface area contributed by atoms with E-state index in [0.717, 1.165) is 31.7 Å². The highest BCUT2D eigenvalue weighted by Crippen LogP contribution is 2.25. The molecule has 2 unspecified atom stereocenters. The van der Waals surface area contributed by atoms with E-state index in [4.69, 9.17) is 5.73 Å². The molecule has 0 aliphatic heterocycles. The topological polar surface area (TPSA) is 55.1 Å². The number of hydrogen-bond donors (Lipinski definition) is 2. The highest BCUT2D eigenvalue weighted by atomic mass is 19.1. The van der Waals surface area contributed by atoms with Crippen LogP contribution in [0.2, 0.25) is 0 Å². The van der Waals surface area contributed by atoms with Crippen LogP contribution < -0.4 is 11.1 Å². The van der Waals surface area contributed by atoms with Crippen molar-refractivity contribution >= 4 is 5.91 Å². The van der Waals surface area contributed by atoms with Crippen molar-refractivity contribution in [2.24, 2.45) is 11.7 Å². The monoisotopic (exact) mass is 296 g/mol. The van der Waals surface area contributed by atoms with Crippen LogP contribution in [0.25, 0.3) is 0 Å². The average molecular weight is 296 g/mol. The maximum atomic E-state index is 13.0. The zero-order valence-electron chi connectivity index (χ0n) is 12.1. The minimum Gasteiger partial charge on any atom is -0.356 e. The molecule has 2 rings (SSSR count). The minimum atomic E-state index is -0.593. The SMILES string of the molecule is NC1CCCCC1CC(=O)NCCc1cc(F)cc(F)c1. The van der Waals surface area contributed by atoms with Gasteiger partial charge in [0.1, 0.15) is 11.6 Å². The number of amides is 1. The van der Waals surface area contributed by atoms with Gasteiger partial charge in [-0.1, -0.05) is 12.8 Å². The Morgan fingerprint density at radius 2 is 1.86 bits per heavy atom. The summed E-state index contributed by atoms with van der Waals surface area (Å²) in [4.78, 5) is 11.9. The molecule has 3 nitrogen and oxygen atoms in total. The summed E-state index contributed by atoms with van der Waals surface area (Å²) in [6.45, 7) is 0.379. The quantitative estimate of drug-likeness (QED) is 0.877. The standard InChI is InChI=1S/C16H22F2N2O/c17-13-7-11(8-14(18)10-13)5-6-20-16(21)9-12-3-1-2-4-15(12)19/h7-8,10,12,15H,1-6,9,19H2,(H,20,21). The molecule has 0 bridgehead atoms. The Morgan fingerprint density at radius 3 is 2.52 bits per heavy atom. The summed E-state index contributed by atoms with van der Waals surface area (Å²) >= 11 is 0. The van der Waals surface area contributed by atoms with Gasteiger partial charge in [-0.3, -0.25) is 4.79 Å². The molecule has 1 fully saturated rings. The normalized spacial score (nSPS) is 22.0. The fourth-order valence-electron chi connectivity index (χ4n) is 2.90. The van der Waals surface area contributed by atoms with Crippen molar-refractivity contribution in [2.45, 2.75) is 44.6 Å². The molecule has 1 aromatic rings. The Hall–Kier alpha value is -1.49. The lowest BCUT2D eigenvalue weighted by atomic mass is 9.83. The number of benzene rings is 1. The first-order valence-corrected chi connectivity index (χ1v) is 7.52. The third-order valence-corrected chi connectivity index (χ3v) is 4.07. The number of rotatable bonds is 5. The molecule has 5 heteroatoms. The molecule has 1 aromatic carbocycles. The Balaban J connectivity index is 1.73. The Labute approximate surface area is 123 Å². The van der Waals surface area contributed by atoms with Crippen molar-refractivity contribution in [3.8, 4) is 0 Å². The lowest BCUT2D eigenvalue weighted by molar-refractivity contribution is -0.122. The van der Waals surface area contributed by atoms with E-state index in [2.05, 4.69) is 5.32 Å². The average Bonchev–Trinajstić information content (AvgIpc) is 2.40. The van der Waals surface area contributed by atoms with Crippen LogP contribution in [0.15, 0.2) is 18.2 Å². The van der Waals surface area contributed by atoms with Gasteiger partial charge in [0.2, 0.25) is 5.91 Å². The van der Waals surface area contributed by atoms with Crippen LogP contribution in [0.5, 0.6) is 0 Å². The first-order valence-electron chi connectivity index (χ1n) is 7.52. The highest BCUT2D eigenvalue weighted by Gasteiger charge is 2.23. The van der Waals surface area contributed by atoms with E-state index in [-0.39, 0.29) is 17.9 Å². The van der Waals surface area contributed by atoms with Crippen LogP contribution in [0.3, 0.4) is 0 Å². The minimum absolute atomic E-state index is 0.0331. The molecule has 0 saturated heterocycles. The van der Waals surface area contributed by atoms with Crippen molar-refractivity contribution < 1.29 is 13.6 Å². The first kappa shape index (κ1) is 15.9. The van der Waals surface area contributed by atoms with Gasteiger partial charge in [-0.25, -0.2) is 8.78 Å². The summed E-state index contributed by atoms with van der Waals surface area (Å²) in [6.07, 6.45) is 5.12.